The second-order valence-electron chi connectivity index (χ2n) is 6.82. The summed E-state index contributed by atoms with van der Waals surface area (Å²) in [5.74, 6) is 2.71. The molecule has 5 heteroatoms. The summed E-state index contributed by atoms with van der Waals surface area (Å²) in [6.07, 6.45) is 3.12. The molecule has 2 amide bonds. The molecule has 0 bridgehead atoms. The molecule has 24 heavy (non-hydrogen) atoms. The number of carbonyl (C=O) groups is 1. The van der Waals surface area contributed by atoms with Gasteiger partial charge in [-0.2, -0.15) is 11.8 Å². The van der Waals surface area contributed by atoms with Gasteiger partial charge in [0.1, 0.15) is 0 Å². The lowest BCUT2D eigenvalue weighted by atomic mass is 9.94. The second-order valence-corrected chi connectivity index (χ2v) is 8.05. The fourth-order valence-electron chi connectivity index (χ4n) is 3.49. The Kier molecular flexibility index (Phi) is 6.44. The number of benzene rings is 1. The molecule has 0 aliphatic carbocycles. The minimum atomic E-state index is 0.0634. The van der Waals surface area contributed by atoms with Crippen LogP contribution in [-0.2, 0) is 4.74 Å². The summed E-state index contributed by atoms with van der Waals surface area (Å²) >= 11 is 1.94. The lowest BCUT2D eigenvalue weighted by Crippen LogP contribution is -2.46. The van der Waals surface area contributed by atoms with Crippen molar-refractivity contribution < 1.29 is 9.53 Å². The highest BCUT2D eigenvalue weighted by Gasteiger charge is 2.27. The first-order valence-electron chi connectivity index (χ1n) is 9.01. The lowest BCUT2D eigenvalue weighted by Gasteiger charge is -2.30. The van der Waals surface area contributed by atoms with Crippen LogP contribution in [0.1, 0.15) is 37.8 Å². The highest BCUT2D eigenvalue weighted by atomic mass is 32.2. The van der Waals surface area contributed by atoms with Crippen LogP contribution < -0.4 is 5.32 Å². The van der Waals surface area contributed by atoms with Crippen LogP contribution in [0.3, 0.4) is 0 Å². The van der Waals surface area contributed by atoms with Gasteiger partial charge in [0.2, 0.25) is 0 Å². The fourth-order valence-corrected chi connectivity index (χ4v) is 4.53. The number of amides is 2. The van der Waals surface area contributed by atoms with Crippen LogP contribution in [0.5, 0.6) is 0 Å². The van der Waals surface area contributed by atoms with E-state index in [0.717, 1.165) is 50.5 Å². The molecule has 2 saturated heterocycles. The van der Waals surface area contributed by atoms with E-state index in [2.05, 4.69) is 24.4 Å². The van der Waals surface area contributed by atoms with Gasteiger partial charge in [0.25, 0.3) is 0 Å². The highest BCUT2D eigenvalue weighted by molar-refractivity contribution is 7.99. The van der Waals surface area contributed by atoms with Crippen LogP contribution in [0.2, 0.25) is 0 Å². The smallest absolute Gasteiger partial charge is 0.318 e. The third kappa shape index (κ3) is 4.67. The SMILES string of the molecule is C[C@@H]1CCSCCN1C(=O)N[C@H](C[C@H]1CCOC1)c1ccccc1. The van der Waals surface area contributed by atoms with Crippen molar-refractivity contribution in [1.29, 1.82) is 0 Å². The third-order valence-corrected chi connectivity index (χ3v) is 6.04. The van der Waals surface area contributed by atoms with Crippen molar-refractivity contribution in [2.24, 2.45) is 5.92 Å². The Morgan fingerprint density at radius 3 is 2.92 bits per heavy atom. The first-order chi connectivity index (χ1) is 11.7. The monoisotopic (exact) mass is 348 g/mol. The number of ether oxygens (including phenoxy) is 1. The van der Waals surface area contributed by atoms with E-state index in [1.165, 1.54) is 5.56 Å². The van der Waals surface area contributed by atoms with Crippen LogP contribution in [0, 0.1) is 5.92 Å². The Balaban J connectivity index is 1.69. The molecular formula is C19H28N2O2S. The van der Waals surface area contributed by atoms with Gasteiger partial charge in [-0.15, -0.1) is 0 Å². The number of carbonyl (C=O) groups excluding carboxylic acids is 1. The molecular weight excluding hydrogens is 320 g/mol. The van der Waals surface area contributed by atoms with Crippen molar-refractivity contribution >= 4 is 17.8 Å². The zero-order valence-corrected chi connectivity index (χ0v) is 15.3. The van der Waals surface area contributed by atoms with Crippen molar-refractivity contribution in [3.8, 4) is 0 Å². The van der Waals surface area contributed by atoms with E-state index in [-0.39, 0.29) is 12.1 Å². The van der Waals surface area contributed by atoms with E-state index in [4.69, 9.17) is 4.74 Å². The van der Waals surface area contributed by atoms with E-state index in [0.29, 0.717) is 12.0 Å². The molecule has 1 aromatic rings. The summed E-state index contributed by atoms with van der Waals surface area (Å²) in [5.41, 5.74) is 1.19. The third-order valence-electron chi connectivity index (χ3n) is 5.04. The van der Waals surface area contributed by atoms with Gasteiger partial charge in [0.15, 0.2) is 0 Å². The molecule has 2 aliphatic heterocycles. The molecule has 0 radical (unpaired) electrons. The second kappa shape index (κ2) is 8.77. The molecule has 2 fully saturated rings. The van der Waals surface area contributed by atoms with E-state index < -0.39 is 0 Å². The minimum Gasteiger partial charge on any atom is -0.381 e. The molecule has 0 unspecified atom stereocenters. The van der Waals surface area contributed by atoms with Crippen LogP contribution in [-0.4, -0.2) is 48.2 Å². The average Bonchev–Trinajstić information content (AvgIpc) is 3.01. The van der Waals surface area contributed by atoms with E-state index in [1.807, 2.05) is 34.9 Å². The Bertz CT molecular complexity index is 519. The summed E-state index contributed by atoms with van der Waals surface area (Å²) in [5, 5.41) is 3.31. The van der Waals surface area contributed by atoms with Gasteiger partial charge in [-0.3, -0.25) is 0 Å². The number of thioether (sulfide) groups is 1. The highest BCUT2D eigenvalue weighted by Crippen LogP contribution is 2.27. The van der Waals surface area contributed by atoms with Crippen molar-refractivity contribution in [3.63, 3.8) is 0 Å². The van der Waals surface area contributed by atoms with E-state index >= 15 is 0 Å². The van der Waals surface area contributed by atoms with Crippen LogP contribution in [0.4, 0.5) is 4.79 Å². The zero-order chi connectivity index (χ0) is 16.8. The zero-order valence-electron chi connectivity index (χ0n) is 14.4. The van der Waals surface area contributed by atoms with E-state index in [9.17, 15) is 4.79 Å². The number of hydrogen-bond donors (Lipinski definition) is 1. The molecule has 0 spiro atoms. The largest absolute Gasteiger partial charge is 0.381 e. The van der Waals surface area contributed by atoms with Gasteiger partial charge < -0.3 is 15.0 Å². The van der Waals surface area contributed by atoms with Gasteiger partial charge >= 0.3 is 6.03 Å². The molecule has 4 nitrogen and oxygen atoms in total. The minimum absolute atomic E-state index is 0.0634. The first-order valence-corrected chi connectivity index (χ1v) is 10.2. The Morgan fingerprint density at radius 2 is 2.17 bits per heavy atom. The Morgan fingerprint density at radius 1 is 1.33 bits per heavy atom. The first kappa shape index (κ1) is 17.6. The van der Waals surface area contributed by atoms with Gasteiger partial charge in [-0.05, 0) is 43.4 Å². The molecule has 3 atom stereocenters. The molecule has 2 aliphatic rings. The Hall–Kier alpha value is -1.20. The maximum atomic E-state index is 12.9. The van der Waals surface area contributed by atoms with Crippen molar-refractivity contribution in [2.45, 2.75) is 38.3 Å². The van der Waals surface area contributed by atoms with Crippen molar-refractivity contribution in [1.82, 2.24) is 10.2 Å². The predicted octanol–water partition coefficient (Wildman–Crippen LogP) is 3.69. The lowest BCUT2D eigenvalue weighted by molar-refractivity contribution is 0.170. The number of hydrogen-bond acceptors (Lipinski definition) is 3. The molecule has 1 aromatic carbocycles. The summed E-state index contributed by atoms with van der Waals surface area (Å²) in [6.45, 7) is 4.66. The molecule has 0 aromatic heterocycles. The predicted molar refractivity (Wildman–Crippen MR) is 99.4 cm³/mol. The maximum Gasteiger partial charge on any atom is 0.318 e. The normalized spacial score (nSPS) is 26.0. The molecule has 1 N–H and O–H groups in total. The molecule has 0 saturated carbocycles. The summed E-state index contributed by atoms with van der Waals surface area (Å²) in [7, 11) is 0. The number of nitrogens with zero attached hydrogens (tertiary/aromatic N) is 1. The number of urea groups is 1. The molecule has 3 rings (SSSR count). The summed E-state index contributed by atoms with van der Waals surface area (Å²) in [4.78, 5) is 14.9. The van der Waals surface area contributed by atoms with Gasteiger partial charge in [-0.1, -0.05) is 30.3 Å². The number of nitrogens with one attached hydrogen (secondary N) is 1. The van der Waals surface area contributed by atoms with Crippen LogP contribution in [0.15, 0.2) is 30.3 Å². The van der Waals surface area contributed by atoms with Gasteiger partial charge in [0, 0.05) is 31.6 Å². The van der Waals surface area contributed by atoms with Gasteiger partial charge in [0.05, 0.1) is 6.04 Å². The average molecular weight is 349 g/mol. The fraction of sp³-hybridized carbons (Fsp3) is 0.632. The molecule has 2 heterocycles. The maximum absolute atomic E-state index is 12.9. The summed E-state index contributed by atoms with van der Waals surface area (Å²) in [6, 6.07) is 10.8. The topological polar surface area (TPSA) is 41.6 Å². The van der Waals surface area contributed by atoms with Crippen molar-refractivity contribution in [2.75, 3.05) is 31.3 Å². The van der Waals surface area contributed by atoms with E-state index in [1.54, 1.807) is 0 Å². The number of rotatable bonds is 4. The standard InChI is InChI=1S/C19H28N2O2S/c1-15-8-11-24-12-9-21(15)19(22)20-18(13-16-7-10-23-14-16)17-5-3-2-4-6-17/h2-6,15-16,18H,7-14H2,1H3,(H,20,22)/t15-,16-,18-/m1/s1. The quantitative estimate of drug-likeness (QED) is 0.902. The molecule has 132 valence electrons. The van der Waals surface area contributed by atoms with Crippen molar-refractivity contribution in [3.05, 3.63) is 35.9 Å². The van der Waals surface area contributed by atoms with Crippen LogP contribution in [0.25, 0.3) is 0 Å². The Labute approximate surface area is 149 Å². The van der Waals surface area contributed by atoms with Crippen LogP contribution >= 0.6 is 11.8 Å². The van der Waals surface area contributed by atoms with Gasteiger partial charge in [-0.25, -0.2) is 4.79 Å². The summed E-state index contributed by atoms with van der Waals surface area (Å²) < 4.78 is 5.52.